The van der Waals surface area contributed by atoms with Crippen molar-refractivity contribution in [3.63, 3.8) is 0 Å². The molecular weight excluding hydrogens is 228 g/mol. The molecule has 1 aromatic carbocycles. The van der Waals surface area contributed by atoms with Gasteiger partial charge in [0.05, 0.1) is 5.75 Å². The Bertz CT molecular complexity index is 321. The second-order valence-electron chi connectivity index (χ2n) is 3.46. The van der Waals surface area contributed by atoms with Crippen LogP contribution in [0.1, 0.15) is 30.6 Å². The van der Waals surface area contributed by atoms with Crippen molar-refractivity contribution in [1.82, 2.24) is 0 Å². The Morgan fingerprint density at radius 2 is 2.00 bits per heavy atom. The first kappa shape index (κ1) is 12.6. The molecule has 1 atom stereocenters. The number of thioether (sulfide) groups is 1. The van der Waals surface area contributed by atoms with Crippen LogP contribution in [0.15, 0.2) is 24.3 Å². The highest BCUT2D eigenvalue weighted by atomic mass is 35.5. The van der Waals surface area contributed by atoms with E-state index in [4.69, 9.17) is 11.6 Å². The van der Waals surface area contributed by atoms with E-state index in [2.05, 4.69) is 13.8 Å². The minimum absolute atomic E-state index is 0.178. The summed E-state index contributed by atoms with van der Waals surface area (Å²) in [5, 5.41) is 1.21. The molecule has 0 amide bonds. The Balaban J connectivity index is 2.50. The van der Waals surface area contributed by atoms with Gasteiger partial charge in [0.25, 0.3) is 0 Å². The Labute approximate surface area is 100 Å². The van der Waals surface area contributed by atoms with Crippen LogP contribution in [0.3, 0.4) is 0 Å². The van der Waals surface area contributed by atoms with E-state index in [-0.39, 0.29) is 5.78 Å². The molecule has 0 heterocycles. The molecule has 0 N–H and O–H groups in total. The SMILES string of the molecule is CCC(C)SCC(=O)c1ccc(Cl)cc1. The number of rotatable bonds is 5. The summed E-state index contributed by atoms with van der Waals surface area (Å²) >= 11 is 7.45. The number of hydrogen-bond donors (Lipinski definition) is 0. The lowest BCUT2D eigenvalue weighted by Crippen LogP contribution is -2.05. The minimum atomic E-state index is 0.178. The second kappa shape index (κ2) is 6.19. The maximum atomic E-state index is 11.7. The molecule has 0 aromatic heterocycles. The van der Waals surface area contributed by atoms with Crippen molar-refractivity contribution in [2.75, 3.05) is 5.75 Å². The maximum Gasteiger partial charge on any atom is 0.172 e. The molecule has 1 unspecified atom stereocenters. The van der Waals surface area contributed by atoms with Gasteiger partial charge < -0.3 is 0 Å². The lowest BCUT2D eigenvalue weighted by molar-refractivity contribution is 0.102. The van der Waals surface area contributed by atoms with E-state index >= 15 is 0 Å². The third-order valence-electron chi connectivity index (χ3n) is 2.24. The Hall–Kier alpha value is -0.470. The molecule has 0 bridgehead atoms. The van der Waals surface area contributed by atoms with Crippen molar-refractivity contribution in [3.05, 3.63) is 34.9 Å². The van der Waals surface area contributed by atoms with E-state index in [0.29, 0.717) is 16.0 Å². The Morgan fingerprint density at radius 1 is 1.40 bits per heavy atom. The van der Waals surface area contributed by atoms with E-state index in [1.807, 2.05) is 0 Å². The van der Waals surface area contributed by atoms with E-state index in [1.54, 1.807) is 36.0 Å². The van der Waals surface area contributed by atoms with Crippen molar-refractivity contribution in [2.24, 2.45) is 0 Å². The van der Waals surface area contributed by atoms with Crippen LogP contribution in [-0.2, 0) is 0 Å². The van der Waals surface area contributed by atoms with Crippen LogP contribution >= 0.6 is 23.4 Å². The molecule has 0 saturated heterocycles. The van der Waals surface area contributed by atoms with Crippen LogP contribution in [0.25, 0.3) is 0 Å². The van der Waals surface area contributed by atoms with E-state index in [1.165, 1.54) is 0 Å². The quantitative estimate of drug-likeness (QED) is 0.725. The van der Waals surface area contributed by atoms with E-state index in [9.17, 15) is 4.79 Å². The number of carbonyl (C=O) groups is 1. The third kappa shape index (κ3) is 4.27. The lowest BCUT2D eigenvalue weighted by Gasteiger charge is -2.07. The number of carbonyl (C=O) groups excluding carboxylic acids is 1. The molecule has 0 radical (unpaired) electrons. The van der Waals surface area contributed by atoms with Gasteiger partial charge in [-0.25, -0.2) is 0 Å². The van der Waals surface area contributed by atoms with Gasteiger partial charge in [-0.3, -0.25) is 4.79 Å². The van der Waals surface area contributed by atoms with Crippen molar-refractivity contribution >= 4 is 29.1 Å². The molecule has 3 heteroatoms. The standard InChI is InChI=1S/C12H15ClOS/c1-3-9(2)15-8-12(14)10-4-6-11(13)7-5-10/h4-7,9H,3,8H2,1-2H3. The zero-order chi connectivity index (χ0) is 11.3. The number of halogens is 1. The van der Waals surface area contributed by atoms with E-state index in [0.717, 1.165) is 12.0 Å². The predicted molar refractivity (Wildman–Crippen MR) is 68.0 cm³/mol. The second-order valence-corrected chi connectivity index (χ2v) is 5.32. The molecule has 0 fully saturated rings. The van der Waals surface area contributed by atoms with Gasteiger partial charge >= 0.3 is 0 Å². The van der Waals surface area contributed by atoms with Crippen LogP contribution in [0.4, 0.5) is 0 Å². The monoisotopic (exact) mass is 242 g/mol. The average molecular weight is 243 g/mol. The molecule has 1 rings (SSSR count). The van der Waals surface area contributed by atoms with Gasteiger partial charge in [-0.2, -0.15) is 11.8 Å². The molecule has 0 saturated carbocycles. The number of hydrogen-bond acceptors (Lipinski definition) is 2. The lowest BCUT2D eigenvalue weighted by atomic mass is 10.1. The van der Waals surface area contributed by atoms with Crippen molar-refractivity contribution in [1.29, 1.82) is 0 Å². The summed E-state index contributed by atoms with van der Waals surface area (Å²) in [5.41, 5.74) is 0.746. The van der Waals surface area contributed by atoms with Crippen LogP contribution in [0.5, 0.6) is 0 Å². The van der Waals surface area contributed by atoms with Crippen molar-refractivity contribution < 1.29 is 4.79 Å². The Morgan fingerprint density at radius 3 is 2.53 bits per heavy atom. The molecule has 82 valence electrons. The molecule has 1 nitrogen and oxygen atoms in total. The van der Waals surface area contributed by atoms with Gasteiger partial charge in [0.15, 0.2) is 5.78 Å². The van der Waals surface area contributed by atoms with Crippen molar-refractivity contribution in [2.45, 2.75) is 25.5 Å². The molecule has 0 aliphatic rings. The third-order valence-corrected chi connectivity index (χ3v) is 3.82. The van der Waals surface area contributed by atoms with Crippen LogP contribution in [0, 0.1) is 0 Å². The minimum Gasteiger partial charge on any atom is -0.293 e. The molecule has 0 aliphatic carbocycles. The van der Waals surface area contributed by atoms with Crippen molar-refractivity contribution in [3.8, 4) is 0 Å². The first-order valence-electron chi connectivity index (χ1n) is 5.04. The smallest absolute Gasteiger partial charge is 0.172 e. The molecule has 0 spiro atoms. The fourth-order valence-corrected chi connectivity index (χ4v) is 2.02. The molecule has 1 aromatic rings. The summed E-state index contributed by atoms with van der Waals surface area (Å²) < 4.78 is 0. The zero-order valence-corrected chi connectivity index (χ0v) is 10.6. The first-order valence-corrected chi connectivity index (χ1v) is 6.46. The first-order chi connectivity index (χ1) is 7.13. The highest BCUT2D eigenvalue weighted by Crippen LogP contribution is 2.16. The fraction of sp³-hybridized carbons (Fsp3) is 0.417. The predicted octanol–water partition coefficient (Wildman–Crippen LogP) is 4.05. The maximum absolute atomic E-state index is 11.7. The summed E-state index contributed by atoms with van der Waals surface area (Å²) in [6.45, 7) is 4.27. The average Bonchev–Trinajstić information content (AvgIpc) is 2.26. The summed E-state index contributed by atoms with van der Waals surface area (Å²) in [5.74, 6) is 0.730. The number of ketones is 1. The van der Waals surface area contributed by atoms with Gasteiger partial charge in [0.2, 0.25) is 0 Å². The highest BCUT2D eigenvalue weighted by Gasteiger charge is 2.07. The van der Waals surface area contributed by atoms with Gasteiger partial charge in [-0.15, -0.1) is 0 Å². The van der Waals surface area contributed by atoms with Crippen LogP contribution in [0.2, 0.25) is 5.02 Å². The Kier molecular flexibility index (Phi) is 5.20. The fourth-order valence-electron chi connectivity index (χ4n) is 1.05. The number of benzene rings is 1. The van der Waals surface area contributed by atoms with Gasteiger partial charge in [-0.1, -0.05) is 25.4 Å². The van der Waals surface area contributed by atoms with Crippen LogP contribution in [-0.4, -0.2) is 16.8 Å². The number of Topliss-reactive ketones (excluding diaryl/α,β-unsaturated/α-hetero) is 1. The van der Waals surface area contributed by atoms with Gasteiger partial charge in [0, 0.05) is 15.8 Å². The molecular formula is C12H15ClOS. The normalized spacial score (nSPS) is 12.5. The highest BCUT2D eigenvalue weighted by molar-refractivity contribution is 8.00. The van der Waals surface area contributed by atoms with Crippen LogP contribution < -0.4 is 0 Å². The van der Waals surface area contributed by atoms with Gasteiger partial charge in [0.1, 0.15) is 0 Å². The zero-order valence-electron chi connectivity index (χ0n) is 9.00. The molecule has 0 aliphatic heterocycles. The van der Waals surface area contributed by atoms with E-state index < -0.39 is 0 Å². The summed E-state index contributed by atoms with van der Waals surface area (Å²) in [6.07, 6.45) is 1.10. The summed E-state index contributed by atoms with van der Waals surface area (Å²) in [4.78, 5) is 11.7. The topological polar surface area (TPSA) is 17.1 Å². The van der Waals surface area contributed by atoms with Gasteiger partial charge in [-0.05, 0) is 30.7 Å². The molecule has 15 heavy (non-hydrogen) atoms. The summed E-state index contributed by atoms with van der Waals surface area (Å²) in [6, 6.07) is 7.06. The summed E-state index contributed by atoms with van der Waals surface area (Å²) in [7, 11) is 0. The largest absolute Gasteiger partial charge is 0.293 e.